The van der Waals surface area contributed by atoms with Gasteiger partial charge in [-0.3, -0.25) is 25.8 Å². The number of halogens is 1. The van der Waals surface area contributed by atoms with Crippen LogP contribution in [0.2, 0.25) is 5.02 Å². The maximum Gasteiger partial charge on any atom is 0.355 e. The molecule has 1 heterocycles. The average molecular weight is 495 g/mol. The first-order chi connectivity index (χ1) is 16.9. The van der Waals surface area contributed by atoms with Gasteiger partial charge in [0.15, 0.2) is 0 Å². The Hall–Kier alpha value is -4.64. The SMILES string of the molecule is COc1cc(OC)c(Nc2ncnc(NNC(=O)c3cccc4ccccc34)c2[N+](=O)[O-])cc1Cl. The van der Waals surface area contributed by atoms with Crippen molar-refractivity contribution < 1.29 is 19.2 Å². The summed E-state index contributed by atoms with van der Waals surface area (Å²) < 4.78 is 10.5. The van der Waals surface area contributed by atoms with Gasteiger partial charge in [0.2, 0.25) is 11.6 Å². The van der Waals surface area contributed by atoms with E-state index in [4.69, 9.17) is 21.1 Å². The third-order valence-electron chi connectivity index (χ3n) is 5.06. The van der Waals surface area contributed by atoms with E-state index in [0.717, 1.165) is 17.1 Å². The van der Waals surface area contributed by atoms with Crippen molar-refractivity contribution in [2.45, 2.75) is 0 Å². The minimum Gasteiger partial charge on any atom is -0.495 e. The zero-order valence-electron chi connectivity index (χ0n) is 18.5. The van der Waals surface area contributed by atoms with Gasteiger partial charge < -0.3 is 14.8 Å². The Labute approximate surface area is 204 Å². The molecule has 12 heteroatoms. The van der Waals surface area contributed by atoms with Gasteiger partial charge in [-0.2, -0.15) is 0 Å². The monoisotopic (exact) mass is 494 g/mol. The Morgan fingerprint density at radius 2 is 1.71 bits per heavy atom. The van der Waals surface area contributed by atoms with Gasteiger partial charge in [0.1, 0.15) is 17.8 Å². The van der Waals surface area contributed by atoms with Crippen LogP contribution in [0, 0.1) is 10.1 Å². The third kappa shape index (κ3) is 4.84. The van der Waals surface area contributed by atoms with Crippen LogP contribution in [0.15, 0.2) is 60.9 Å². The van der Waals surface area contributed by atoms with Crippen molar-refractivity contribution >= 4 is 51.3 Å². The molecule has 0 radical (unpaired) electrons. The van der Waals surface area contributed by atoms with E-state index in [-0.39, 0.29) is 16.7 Å². The Balaban J connectivity index is 1.62. The number of carbonyl (C=O) groups excluding carboxylic acids is 1. The number of methoxy groups -OCH3 is 2. The van der Waals surface area contributed by atoms with E-state index in [0.29, 0.717) is 22.7 Å². The van der Waals surface area contributed by atoms with E-state index in [1.807, 2.05) is 30.3 Å². The molecule has 4 aromatic rings. The molecule has 178 valence electrons. The van der Waals surface area contributed by atoms with Crippen molar-refractivity contribution in [1.29, 1.82) is 0 Å². The summed E-state index contributed by atoms with van der Waals surface area (Å²) in [6.07, 6.45) is 1.11. The molecule has 0 unspecified atom stereocenters. The summed E-state index contributed by atoms with van der Waals surface area (Å²) in [4.78, 5) is 32.0. The average Bonchev–Trinajstić information content (AvgIpc) is 2.87. The van der Waals surface area contributed by atoms with Crippen molar-refractivity contribution in [3.63, 3.8) is 0 Å². The number of anilines is 3. The summed E-state index contributed by atoms with van der Waals surface area (Å²) in [5, 5.41) is 16.6. The summed E-state index contributed by atoms with van der Waals surface area (Å²) >= 11 is 6.20. The molecule has 0 bridgehead atoms. The fraction of sp³-hybridized carbons (Fsp3) is 0.0870. The highest BCUT2D eigenvalue weighted by molar-refractivity contribution is 6.32. The van der Waals surface area contributed by atoms with Crippen LogP contribution in [0.3, 0.4) is 0 Å². The molecule has 1 aromatic heterocycles. The number of hydrazine groups is 1. The standard InChI is InChI=1S/C23H19ClN6O5/c1-34-18-11-19(35-2)17(10-16(18)24)27-21-20(30(32)33)22(26-12-25-21)28-29-23(31)15-9-5-7-13-6-3-4-8-14(13)15/h3-12H,1-2H3,(H,29,31)(H2,25,26,27,28). The number of nitro groups is 1. The van der Waals surface area contributed by atoms with E-state index in [1.54, 1.807) is 12.1 Å². The van der Waals surface area contributed by atoms with Crippen LogP contribution in [0.1, 0.15) is 10.4 Å². The number of nitrogens with zero attached hydrogens (tertiary/aromatic N) is 3. The lowest BCUT2D eigenvalue weighted by Crippen LogP contribution is -2.30. The lowest BCUT2D eigenvalue weighted by atomic mass is 10.0. The van der Waals surface area contributed by atoms with Gasteiger partial charge in [0, 0.05) is 11.6 Å². The number of ether oxygens (including phenoxy) is 2. The molecule has 0 aliphatic carbocycles. The highest BCUT2D eigenvalue weighted by atomic mass is 35.5. The highest BCUT2D eigenvalue weighted by Crippen LogP contribution is 2.39. The smallest absolute Gasteiger partial charge is 0.355 e. The van der Waals surface area contributed by atoms with Crippen molar-refractivity contribution in [2.24, 2.45) is 0 Å². The van der Waals surface area contributed by atoms with Gasteiger partial charge in [-0.05, 0) is 22.9 Å². The molecule has 1 amide bonds. The van der Waals surface area contributed by atoms with Crippen LogP contribution in [0.5, 0.6) is 11.5 Å². The summed E-state index contributed by atoms with van der Waals surface area (Å²) in [6.45, 7) is 0. The van der Waals surface area contributed by atoms with Crippen molar-refractivity contribution in [1.82, 2.24) is 15.4 Å². The number of aromatic nitrogens is 2. The topological polar surface area (TPSA) is 141 Å². The van der Waals surface area contributed by atoms with E-state index in [2.05, 4.69) is 26.1 Å². The largest absolute Gasteiger partial charge is 0.495 e. The summed E-state index contributed by atoms with van der Waals surface area (Å²) in [6, 6.07) is 15.7. The molecule has 3 aromatic carbocycles. The summed E-state index contributed by atoms with van der Waals surface area (Å²) in [5.74, 6) is -0.179. The molecule has 35 heavy (non-hydrogen) atoms. The van der Waals surface area contributed by atoms with Crippen LogP contribution in [0.25, 0.3) is 10.8 Å². The Morgan fingerprint density at radius 1 is 1.00 bits per heavy atom. The van der Waals surface area contributed by atoms with Crippen LogP contribution in [0.4, 0.5) is 23.0 Å². The Kier molecular flexibility index (Phi) is 6.78. The van der Waals surface area contributed by atoms with Gasteiger partial charge in [-0.1, -0.05) is 48.0 Å². The molecule has 4 rings (SSSR count). The fourth-order valence-electron chi connectivity index (χ4n) is 3.43. The quantitative estimate of drug-likeness (QED) is 0.234. The van der Waals surface area contributed by atoms with Crippen molar-refractivity contribution in [2.75, 3.05) is 25.0 Å². The number of amides is 1. The molecule has 0 atom stereocenters. The Bertz CT molecular complexity index is 1430. The number of benzene rings is 3. The number of carbonyl (C=O) groups is 1. The zero-order chi connectivity index (χ0) is 24.9. The van der Waals surface area contributed by atoms with E-state index >= 15 is 0 Å². The highest BCUT2D eigenvalue weighted by Gasteiger charge is 2.25. The number of rotatable bonds is 8. The minimum absolute atomic E-state index is 0.147. The molecule has 0 aliphatic rings. The maximum atomic E-state index is 12.8. The maximum absolute atomic E-state index is 12.8. The molecule has 0 spiro atoms. The second-order valence-corrected chi connectivity index (χ2v) is 7.50. The second kappa shape index (κ2) is 10.1. The third-order valence-corrected chi connectivity index (χ3v) is 5.36. The normalized spacial score (nSPS) is 10.5. The molecule has 0 saturated heterocycles. The molecule has 0 fully saturated rings. The minimum atomic E-state index is -0.674. The predicted molar refractivity (Wildman–Crippen MR) is 132 cm³/mol. The molecule has 3 N–H and O–H groups in total. The predicted octanol–water partition coefficient (Wildman–Crippen LogP) is 4.71. The Morgan fingerprint density at radius 3 is 2.46 bits per heavy atom. The van der Waals surface area contributed by atoms with Gasteiger partial charge in [-0.15, -0.1) is 0 Å². The molecule has 0 aliphatic heterocycles. The number of fused-ring (bicyclic) bond motifs is 1. The van der Waals surface area contributed by atoms with Gasteiger partial charge in [0.25, 0.3) is 5.91 Å². The summed E-state index contributed by atoms with van der Waals surface area (Å²) in [5.41, 5.74) is 5.20. The van der Waals surface area contributed by atoms with E-state index < -0.39 is 16.5 Å². The fourth-order valence-corrected chi connectivity index (χ4v) is 3.67. The number of hydrogen-bond acceptors (Lipinski definition) is 9. The molecular weight excluding hydrogens is 476 g/mol. The first-order valence-corrected chi connectivity index (χ1v) is 10.5. The van der Waals surface area contributed by atoms with Gasteiger partial charge in [0.05, 0.1) is 29.9 Å². The van der Waals surface area contributed by atoms with Crippen LogP contribution < -0.4 is 25.6 Å². The molecule has 11 nitrogen and oxygen atoms in total. The van der Waals surface area contributed by atoms with Crippen molar-refractivity contribution in [3.8, 4) is 11.5 Å². The molecule has 0 saturated carbocycles. The van der Waals surface area contributed by atoms with Crippen LogP contribution >= 0.6 is 11.6 Å². The van der Waals surface area contributed by atoms with Gasteiger partial charge >= 0.3 is 5.69 Å². The lowest BCUT2D eigenvalue weighted by Gasteiger charge is -2.14. The van der Waals surface area contributed by atoms with Crippen LogP contribution in [-0.4, -0.2) is 35.0 Å². The molecular formula is C23H19ClN6O5. The first-order valence-electron chi connectivity index (χ1n) is 10.1. The van der Waals surface area contributed by atoms with E-state index in [1.165, 1.54) is 26.4 Å². The van der Waals surface area contributed by atoms with Gasteiger partial charge in [-0.25, -0.2) is 9.97 Å². The number of hydrogen-bond donors (Lipinski definition) is 3. The van der Waals surface area contributed by atoms with Crippen molar-refractivity contribution in [3.05, 3.63) is 81.6 Å². The summed E-state index contributed by atoms with van der Waals surface area (Å²) in [7, 11) is 2.88. The zero-order valence-corrected chi connectivity index (χ0v) is 19.3. The second-order valence-electron chi connectivity index (χ2n) is 7.09. The van der Waals surface area contributed by atoms with Crippen LogP contribution in [-0.2, 0) is 0 Å². The lowest BCUT2D eigenvalue weighted by molar-refractivity contribution is -0.383. The number of nitrogens with one attached hydrogen (secondary N) is 3. The first kappa shape index (κ1) is 23.5. The van der Waals surface area contributed by atoms with E-state index in [9.17, 15) is 14.9 Å².